The van der Waals surface area contributed by atoms with Gasteiger partial charge in [0.1, 0.15) is 23.4 Å². The summed E-state index contributed by atoms with van der Waals surface area (Å²) in [5.41, 5.74) is 0.102. The topological polar surface area (TPSA) is 108 Å². The standard InChI is InChI=1S/C33H43N3O5/c1-20(2)27(35-31(40)41-33(7,8)9)30(39)36(32(4,5)6)28(24-15-17-26(37)21(3)18-24)29(38)34-25-16-14-22-12-10-11-13-23(22)19-25/h10-20,27-28,37H,1-9H3,(H,34,38)(H,35,40). The van der Waals surface area contributed by atoms with Crippen LogP contribution in [0.5, 0.6) is 5.75 Å². The van der Waals surface area contributed by atoms with Gasteiger partial charge in [0.15, 0.2) is 0 Å². The molecule has 8 nitrogen and oxygen atoms in total. The third kappa shape index (κ3) is 7.99. The van der Waals surface area contributed by atoms with Crippen molar-refractivity contribution >= 4 is 34.4 Å². The molecule has 0 bridgehead atoms. The summed E-state index contributed by atoms with van der Waals surface area (Å²) in [6, 6.07) is 16.3. The number of nitrogens with zero attached hydrogens (tertiary/aromatic N) is 1. The molecule has 220 valence electrons. The number of rotatable bonds is 7. The quantitative estimate of drug-likeness (QED) is 0.297. The minimum atomic E-state index is -1.07. The van der Waals surface area contributed by atoms with Crippen molar-refractivity contribution in [3.8, 4) is 5.75 Å². The molecule has 41 heavy (non-hydrogen) atoms. The normalized spacial score (nSPS) is 13.4. The number of hydrogen-bond acceptors (Lipinski definition) is 5. The van der Waals surface area contributed by atoms with Crippen LogP contribution < -0.4 is 10.6 Å². The van der Waals surface area contributed by atoms with Crippen molar-refractivity contribution in [2.24, 2.45) is 5.92 Å². The second kappa shape index (κ2) is 12.2. The number of benzene rings is 3. The van der Waals surface area contributed by atoms with Gasteiger partial charge in [-0.3, -0.25) is 9.59 Å². The Hall–Kier alpha value is -4.07. The predicted octanol–water partition coefficient (Wildman–Crippen LogP) is 6.71. The Balaban J connectivity index is 2.09. The highest BCUT2D eigenvalue weighted by Crippen LogP contribution is 2.34. The summed E-state index contributed by atoms with van der Waals surface area (Å²) in [6.07, 6.45) is -0.712. The third-order valence-electron chi connectivity index (χ3n) is 6.63. The molecule has 3 N–H and O–H groups in total. The molecule has 0 saturated carbocycles. The number of anilines is 1. The second-order valence-corrected chi connectivity index (χ2v) is 12.7. The van der Waals surface area contributed by atoms with Gasteiger partial charge in [-0.2, -0.15) is 0 Å². The lowest BCUT2D eigenvalue weighted by molar-refractivity contribution is -0.147. The van der Waals surface area contributed by atoms with Crippen molar-refractivity contribution in [3.63, 3.8) is 0 Å². The van der Waals surface area contributed by atoms with Crippen molar-refractivity contribution in [2.75, 3.05) is 5.32 Å². The van der Waals surface area contributed by atoms with E-state index in [0.717, 1.165) is 10.8 Å². The number of aryl methyl sites for hydroxylation is 1. The first-order valence-electron chi connectivity index (χ1n) is 13.9. The Morgan fingerprint density at radius 2 is 1.51 bits per heavy atom. The van der Waals surface area contributed by atoms with Crippen molar-refractivity contribution in [3.05, 3.63) is 71.8 Å². The van der Waals surface area contributed by atoms with Crippen LogP contribution in [0.15, 0.2) is 60.7 Å². The fourth-order valence-corrected chi connectivity index (χ4v) is 4.69. The van der Waals surface area contributed by atoms with Crippen LogP contribution in [-0.2, 0) is 14.3 Å². The van der Waals surface area contributed by atoms with Crippen molar-refractivity contribution in [2.45, 2.75) is 85.5 Å². The van der Waals surface area contributed by atoms with Gasteiger partial charge in [-0.1, -0.05) is 50.2 Å². The first-order valence-corrected chi connectivity index (χ1v) is 13.9. The summed E-state index contributed by atoms with van der Waals surface area (Å²) in [7, 11) is 0. The zero-order chi connectivity index (χ0) is 30.7. The molecule has 0 fully saturated rings. The van der Waals surface area contributed by atoms with Gasteiger partial charge in [-0.05, 0) is 101 Å². The lowest BCUT2D eigenvalue weighted by Gasteiger charge is -2.43. The average molecular weight is 562 g/mol. The van der Waals surface area contributed by atoms with E-state index in [2.05, 4.69) is 10.6 Å². The van der Waals surface area contributed by atoms with E-state index in [1.54, 1.807) is 39.8 Å². The largest absolute Gasteiger partial charge is 0.508 e. The second-order valence-electron chi connectivity index (χ2n) is 12.7. The van der Waals surface area contributed by atoms with Gasteiger partial charge in [0.2, 0.25) is 5.91 Å². The Bertz CT molecular complexity index is 1420. The molecule has 8 heteroatoms. The van der Waals surface area contributed by atoms with E-state index in [0.29, 0.717) is 16.8 Å². The fourth-order valence-electron chi connectivity index (χ4n) is 4.69. The SMILES string of the molecule is Cc1cc(C(C(=O)Nc2ccc3ccccc3c2)N(C(=O)C(NC(=O)OC(C)(C)C)C(C)C)C(C)(C)C)ccc1O. The molecule has 3 aromatic rings. The Morgan fingerprint density at radius 3 is 2.07 bits per heavy atom. The van der Waals surface area contributed by atoms with E-state index in [-0.39, 0.29) is 11.7 Å². The predicted molar refractivity (Wildman–Crippen MR) is 163 cm³/mol. The smallest absolute Gasteiger partial charge is 0.408 e. The Morgan fingerprint density at radius 1 is 0.878 bits per heavy atom. The minimum absolute atomic E-state index is 0.0859. The fraction of sp³-hybridized carbons (Fsp3) is 0.424. The van der Waals surface area contributed by atoms with Gasteiger partial charge < -0.3 is 25.4 Å². The average Bonchev–Trinajstić information content (AvgIpc) is 2.85. The molecule has 2 unspecified atom stereocenters. The van der Waals surface area contributed by atoms with Crippen LogP contribution >= 0.6 is 0 Å². The molecule has 0 aromatic heterocycles. The van der Waals surface area contributed by atoms with Gasteiger partial charge >= 0.3 is 6.09 Å². The molecule has 0 aliphatic rings. The highest BCUT2D eigenvalue weighted by Gasteiger charge is 2.43. The van der Waals surface area contributed by atoms with Crippen LogP contribution in [0.4, 0.5) is 10.5 Å². The number of carbonyl (C=O) groups is 3. The maximum absolute atomic E-state index is 14.4. The zero-order valence-corrected chi connectivity index (χ0v) is 25.5. The minimum Gasteiger partial charge on any atom is -0.508 e. The summed E-state index contributed by atoms with van der Waals surface area (Å²) < 4.78 is 5.44. The van der Waals surface area contributed by atoms with Crippen molar-refractivity contribution in [1.82, 2.24) is 10.2 Å². The molecule has 0 heterocycles. The van der Waals surface area contributed by atoms with E-state index in [1.165, 1.54) is 11.0 Å². The van der Waals surface area contributed by atoms with E-state index in [9.17, 15) is 19.5 Å². The van der Waals surface area contributed by atoms with E-state index < -0.39 is 41.1 Å². The van der Waals surface area contributed by atoms with Gasteiger partial charge in [0.05, 0.1) is 0 Å². The number of phenolic OH excluding ortho intramolecular Hbond substituents is 1. The molecular weight excluding hydrogens is 518 g/mol. The maximum atomic E-state index is 14.4. The van der Waals surface area contributed by atoms with Crippen LogP contribution in [0.25, 0.3) is 10.8 Å². The van der Waals surface area contributed by atoms with Crippen LogP contribution in [0.1, 0.15) is 72.6 Å². The summed E-state index contributed by atoms with van der Waals surface area (Å²) in [5, 5.41) is 18.0. The van der Waals surface area contributed by atoms with Crippen LogP contribution in [-0.4, -0.2) is 45.1 Å². The summed E-state index contributed by atoms with van der Waals surface area (Å²) in [5.74, 6) is -1.07. The number of ether oxygens (including phenoxy) is 1. The maximum Gasteiger partial charge on any atom is 0.408 e. The summed E-state index contributed by atoms with van der Waals surface area (Å²) in [4.78, 5) is 42.8. The first kappa shape index (κ1) is 31.5. The van der Waals surface area contributed by atoms with Crippen molar-refractivity contribution in [1.29, 1.82) is 0 Å². The molecular formula is C33H43N3O5. The number of alkyl carbamates (subject to hydrolysis) is 1. The molecule has 3 aromatic carbocycles. The van der Waals surface area contributed by atoms with Gasteiger partial charge in [-0.25, -0.2) is 4.79 Å². The highest BCUT2D eigenvalue weighted by atomic mass is 16.6. The monoisotopic (exact) mass is 561 g/mol. The van der Waals surface area contributed by atoms with Crippen LogP contribution in [0.2, 0.25) is 0 Å². The lowest BCUT2D eigenvalue weighted by Crippen LogP contribution is -2.59. The van der Waals surface area contributed by atoms with Gasteiger partial charge in [0.25, 0.3) is 5.91 Å². The molecule has 3 rings (SSSR count). The van der Waals surface area contributed by atoms with Crippen molar-refractivity contribution < 1.29 is 24.2 Å². The number of phenols is 1. The summed E-state index contributed by atoms with van der Waals surface area (Å²) in [6.45, 7) is 16.2. The molecule has 2 atom stereocenters. The van der Waals surface area contributed by atoms with Crippen LogP contribution in [0.3, 0.4) is 0 Å². The number of hydrogen-bond donors (Lipinski definition) is 3. The lowest BCUT2D eigenvalue weighted by atomic mass is 9.92. The molecule has 3 amide bonds. The Kier molecular flexibility index (Phi) is 9.36. The molecule has 0 aliphatic heterocycles. The number of carbonyl (C=O) groups excluding carboxylic acids is 3. The number of aromatic hydroxyl groups is 1. The van der Waals surface area contributed by atoms with E-state index in [1.807, 2.05) is 77.1 Å². The van der Waals surface area contributed by atoms with Gasteiger partial charge in [0, 0.05) is 11.2 Å². The molecule has 0 saturated heterocycles. The highest BCUT2D eigenvalue weighted by molar-refractivity contribution is 6.00. The van der Waals surface area contributed by atoms with E-state index in [4.69, 9.17) is 4.74 Å². The molecule has 0 aliphatic carbocycles. The first-order chi connectivity index (χ1) is 19.0. The number of nitrogens with one attached hydrogen (secondary N) is 2. The summed E-state index contributed by atoms with van der Waals surface area (Å²) >= 11 is 0. The Labute approximate surface area is 243 Å². The molecule has 0 radical (unpaired) electrons. The number of amides is 3. The third-order valence-corrected chi connectivity index (χ3v) is 6.63. The molecule has 0 spiro atoms. The van der Waals surface area contributed by atoms with Gasteiger partial charge in [-0.15, -0.1) is 0 Å². The zero-order valence-electron chi connectivity index (χ0n) is 25.5. The van der Waals surface area contributed by atoms with E-state index >= 15 is 0 Å². The number of fused-ring (bicyclic) bond motifs is 1. The van der Waals surface area contributed by atoms with Crippen LogP contribution in [0, 0.1) is 12.8 Å².